The highest BCUT2D eigenvalue weighted by Crippen LogP contribution is 2.40. The Bertz CT molecular complexity index is 1020. The number of carbonyl (C=O) groups excluding carboxylic acids is 1. The maximum absolute atomic E-state index is 13.6. The van der Waals surface area contributed by atoms with E-state index in [1.165, 1.54) is 12.1 Å². The number of nitrogens with one attached hydrogen (secondary N) is 1. The van der Waals surface area contributed by atoms with E-state index < -0.39 is 35.0 Å². The van der Waals surface area contributed by atoms with Crippen LogP contribution in [0.5, 0.6) is 0 Å². The monoisotopic (exact) mass is 454 g/mol. The number of hydrogen-bond acceptors (Lipinski definition) is 3. The molecule has 0 unspecified atom stereocenters. The van der Waals surface area contributed by atoms with Crippen LogP contribution in [-0.2, 0) is 23.8 Å². The molecule has 1 fully saturated rings. The Morgan fingerprint density at radius 3 is 2.45 bits per heavy atom. The number of piperidine rings is 1. The van der Waals surface area contributed by atoms with E-state index in [0.717, 1.165) is 43.0 Å². The molecule has 1 aromatic carbocycles. The van der Waals surface area contributed by atoms with Gasteiger partial charge in [0.1, 0.15) is 5.69 Å². The lowest BCUT2D eigenvalue weighted by molar-refractivity contribution is -0.142. The molecule has 4 rings (SSSR count). The Morgan fingerprint density at radius 2 is 1.81 bits per heavy atom. The molecular formula is C22H22ClF3N2O3. The van der Waals surface area contributed by atoms with Gasteiger partial charge in [0, 0.05) is 18.8 Å². The third-order valence-electron chi connectivity index (χ3n) is 6.20. The van der Waals surface area contributed by atoms with E-state index in [4.69, 9.17) is 11.6 Å². The first-order valence-electron chi connectivity index (χ1n) is 10.3. The molecule has 31 heavy (non-hydrogen) atoms. The number of benzene rings is 1. The van der Waals surface area contributed by atoms with Gasteiger partial charge in [-0.2, -0.15) is 13.2 Å². The smallest absolute Gasteiger partial charge is 0.417 e. The van der Waals surface area contributed by atoms with Crippen LogP contribution >= 0.6 is 11.6 Å². The minimum atomic E-state index is -4.72. The number of halogens is 4. The van der Waals surface area contributed by atoms with Gasteiger partial charge in [0.25, 0.3) is 0 Å². The van der Waals surface area contributed by atoms with E-state index in [1.807, 2.05) is 4.90 Å². The zero-order valence-corrected chi connectivity index (χ0v) is 17.4. The molecule has 1 aliphatic heterocycles. The van der Waals surface area contributed by atoms with Crippen molar-refractivity contribution in [3.05, 3.63) is 51.3 Å². The van der Waals surface area contributed by atoms with Crippen LogP contribution in [0.2, 0.25) is 5.02 Å². The summed E-state index contributed by atoms with van der Waals surface area (Å²) in [5.41, 5.74) is 0.912. The standard InChI is InChI=1S/C22H22ClF3N2O3/c23-15-6-3-5-14(22(24,25)26)17(15)20(29)18-19(13-4-1-2-7-16(13)27-18)28-10-8-12(9-11-28)21(30)31/h3,5-6,12,27H,1-2,4,7-11H2,(H,30,31). The maximum Gasteiger partial charge on any atom is 0.417 e. The number of hydrogen-bond donors (Lipinski definition) is 2. The second-order valence-corrected chi connectivity index (χ2v) is 8.51. The summed E-state index contributed by atoms with van der Waals surface area (Å²) in [5.74, 6) is -2.09. The average Bonchev–Trinajstić information content (AvgIpc) is 3.12. The number of aliphatic carboxylic acids is 1. The van der Waals surface area contributed by atoms with Crippen LogP contribution in [-0.4, -0.2) is 34.9 Å². The Hall–Kier alpha value is -2.48. The van der Waals surface area contributed by atoms with Gasteiger partial charge in [-0.15, -0.1) is 0 Å². The van der Waals surface area contributed by atoms with Crippen molar-refractivity contribution in [3.8, 4) is 0 Å². The summed E-state index contributed by atoms with van der Waals surface area (Å²) in [7, 11) is 0. The summed E-state index contributed by atoms with van der Waals surface area (Å²) in [6.45, 7) is 0.854. The van der Waals surface area contributed by atoms with Crippen LogP contribution in [0.15, 0.2) is 18.2 Å². The highest BCUT2D eigenvalue weighted by Gasteiger charge is 2.39. The topological polar surface area (TPSA) is 73.4 Å². The first-order valence-corrected chi connectivity index (χ1v) is 10.7. The van der Waals surface area contributed by atoms with Gasteiger partial charge in [-0.25, -0.2) is 0 Å². The Morgan fingerprint density at radius 1 is 1.13 bits per heavy atom. The second-order valence-electron chi connectivity index (χ2n) is 8.10. The molecule has 0 spiro atoms. The molecule has 0 atom stereocenters. The number of aromatic nitrogens is 1. The van der Waals surface area contributed by atoms with Gasteiger partial charge in [-0.1, -0.05) is 17.7 Å². The van der Waals surface area contributed by atoms with E-state index in [2.05, 4.69) is 4.98 Å². The lowest BCUT2D eigenvalue weighted by atomic mass is 9.92. The summed E-state index contributed by atoms with van der Waals surface area (Å²) >= 11 is 6.09. The van der Waals surface area contributed by atoms with Crippen LogP contribution in [0.3, 0.4) is 0 Å². The Kier molecular flexibility index (Phi) is 5.77. The normalized spacial score (nSPS) is 17.5. The molecule has 0 saturated carbocycles. The highest BCUT2D eigenvalue weighted by atomic mass is 35.5. The van der Waals surface area contributed by atoms with Crippen LogP contribution in [0.1, 0.15) is 58.6 Å². The van der Waals surface area contributed by atoms with Gasteiger partial charge in [-0.3, -0.25) is 9.59 Å². The van der Waals surface area contributed by atoms with Gasteiger partial charge in [-0.05, 0) is 56.2 Å². The summed E-state index contributed by atoms with van der Waals surface area (Å²) in [4.78, 5) is 29.8. The third kappa shape index (κ3) is 4.05. The molecular weight excluding hydrogens is 433 g/mol. The molecule has 2 aromatic rings. The van der Waals surface area contributed by atoms with Gasteiger partial charge >= 0.3 is 12.1 Å². The number of alkyl halides is 3. The molecule has 2 aliphatic rings. The number of fused-ring (bicyclic) bond motifs is 1. The van der Waals surface area contributed by atoms with Crippen molar-refractivity contribution < 1.29 is 27.9 Å². The molecule has 166 valence electrons. The van der Waals surface area contributed by atoms with Crippen LogP contribution < -0.4 is 4.90 Å². The largest absolute Gasteiger partial charge is 0.481 e. The van der Waals surface area contributed by atoms with Gasteiger partial charge in [0.15, 0.2) is 0 Å². The molecule has 0 amide bonds. The fraction of sp³-hybridized carbons (Fsp3) is 0.455. The van der Waals surface area contributed by atoms with Crippen molar-refractivity contribution in [1.29, 1.82) is 0 Å². The van der Waals surface area contributed by atoms with E-state index in [1.54, 1.807) is 0 Å². The molecule has 5 nitrogen and oxygen atoms in total. The minimum Gasteiger partial charge on any atom is -0.481 e. The first kappa shape index (κ1) is 21.7. The summed E-state index contributed by atoms with van der Waals surface area (Å²) in [6, 6.07) is 3.32. The number of carbonyl (C=O) groups is 2. The van der Waals surface area contributed by atoms with Gasteiger partial charge in [0.2, 0.25) is 5.78 Å². The second kappa shape index (κ2) is 8.22. The van der Waals surface area contributed by atoms with Crippen LogP contribution in [0.4, 0.5) is 18.9 Å². The molecule has 9 heteroatoms. The van der Waals surface area contributed by atoms with Crippen molar-refractivity contribution in [2.24, 2.45) is 5.92 Å². The predicted octanol–water partition coefficient (Wildman–Crippen LogP) is 5.10. The van der Waals surface area contributed by atoms with Crippen molar-refractivity contribution >= 4 is 29.0 Å². The van der Waals surface area contributed by atoms with E-state index in [0.29, 0.717) is 31.6 Å². The van der Waals surface area contributed by atoms with E-state index in [9.17, 15) is 27.9 Å². The van der Waals surface area contributed by atoms with Crippen molar-refractivity contribution in [3.63, 3.8) is 0 Å². The summed E-state index contributed by atoms with van der Waals surface area (Å²) < 4.78 is 40.9. The van der Waals surface area contributed by atoms with Crippen molar-refractivity contribution in [2.75, 3.05) is 18.0 Å². The Labute approximate surface area is 182 Å². The zero-order chi connectivity index (χ0) is 22.3. The molecule has 1 aliphatic carbocycles. The SMILES string of the molecule is O=C(c1[nH]c2c(c1N1CCC(C(=O)O)CC1)CCCC2)c1c(Cl)cccc1C(F)(F)F. The minimum absolute atomic E-state index is 0.110. The van der Waals surface area contributed by atoms with Crippen molar-refractivity contribution in [1.82, 2.24) is 4.98 Å². The summed E-state index contributed by atoms with van der Waals surface area (Å²) in [5, 5.41) is 9.03. The number of carboxylic acid groups (broad SMARTS) is 1. The van der Waals surface area contributed by atoms with E-state index in [-0.39, 0.29) is 10.7 Å². The predicted molar refractivity (Wildman–Crippen MR) is 110 cm³/mol. The van der Waals surface area contributed by atoms with Gasteiger partial charge in [0.05, 0.1) is 27.8 Å². The first-order chi connectivity index (χ1) is 14.7. The lowest BCUT2D eigenvalue weighted by Gasteiger charge is -2.33. The third-order valence-corrected chi connectivity index (χ3v) is 6.51. The number of nitrogens with zero attached hydrogens (tertiary/aromatic N) is 1. The molecule has 2 N–H and O–H groups in total. The fourth-order valence-electron chi connectivity index (χ4n) is 4.65. The average molecular weight is 455 g/mol. The molecule has 2 heterocycles. The molecule has 0 radical (unpaired) electrons. The number of H-pyrrole nitrogens is 1. The number of aryl methyl sites for hydroxylation is 1. The van der Waals surface area contributed by atoms with E-state index >= 15 is 0 Å². The fourth-order valence-corrected chi connectivity index (χ4v) is 4.91. The Balaban J connectivity index is 1.79. The zero-order valence-electron chi connectivity index (χ0n) is 16.7. The maximum atomic E-state index is 13.6. The van der Waals surface area contributed by atoms with Crippen LogP contribution in [0, 0.1) is 5.92 Å². The number of anilines is 1. The van der Waals surface area contributed by atoms with Crippen LogP contribution in [0.25, 0.3) is 0 Å². The lowest BCUT2D eigenvalue weighted by Crippen LogP contribution is -2.37. The van der Waals surface area contributed by atoms with Crippen molar-refractivity contribution in [2.45, 2.75) is 44.7 Å². The quantitative estimate of drug-likeness (QED) is 0.630. The number of rotatable bonds is 4. The summed E-state index contributed by atoms with van der Waals surface area (Å²) in [6.07, 6.45) is -0.579. The number of carboxylic acids is 1. The number of aromatic amines is 1. The highest BCUT2D eigenvalue weighted by molar-refractivity contribution is 6.35. The molecule has 0 bridgehead atoms. The van der Waals surface area contributed by atoms with Gasteiger partial charge < -0.3 is 15.0 Å². The number of ketones is 1. The molecule has 1 aromatic heterocycles. The molecule has 1 saturated heterocycles.